The smallest absolute Gasteiger partial charge is 0.274 e. The van der Waals surface area contributed by atoms with Gasteiger partial charge < -0.3 is 9.88 Å². The summed E-state index contributed by atoms with van der Waals surface area (Å²) in [6, 6.07) is 11.1. The van der Waals surface area contributed by atoms with Crippen LogP contribution in [-0.4, -0.2) is 21.2 Å². The van der Waals surface area contributed by atoms with Gasteiger partial charge >= 0.3 is 0 Å². The third-order valence-electron chi connectivity index (χ3n) is 6.11. The number of nitrogens with zero attached hydrogens (tertiary/aromatic N) is 3. The maximum absolute atomic E-state index is 12.6. The van der Waals surface area contributed by atoms with Gasteiger partial charge in [0.15, 0.2) is 0 Å². The van der Waals surface area contributed by atoms with Crippen molar-refractivity contribution in [2.45, 2.75) is 72.6 Å². The van der Waals surface area contributed by atoms with Gasteiger partial charge in [0.25, 0.3) is 5.91 Å². The second kappa shape index (κ2) is 13.4. The van der Waals surface area contributed by atoms with Gasteiger partial charge in [-0.3, -0.25) is 14.6 Å². The van der Waals surface area contributed by atoms with E-state index in [9.17, 15) is 9.59 Å². The van der Waals surface area contributed by atoms with Gasteiger partial charge in [0, 0.05) is 48.4 Å². The van der Waals surface area contributed by atoms with Crippen molar-refractivity contribution in [3.63, 3.8) is 0 Å². The predicted octanol–water partition coefficient (Wildman–Crippen LogP) is 7.00. The van der Waals surface area contributed by atoms with Crippen LogP contribution in [-0.2, 0) is 11.8 Å². The van der Waals surface area contributed by atoms with Crippen LogP contribution in [0.15, 0.2) is 42.7 Å². The number of hydrogen-bond acceptors (Lipinski definition) is 4. The molecule has 6 heteroatoms. The number of aromatic nitrogens is 2. The van der Waals surface area contributed by atoms with E-state index in [1.807, 2.05) is 39.0 Å². The number of amides is 1. The first-order chi connectivity index (χ1) is 16.7. The van der Waals surface area contributed by atoms with Crippen molar-refractivity contribution in [3.8, 4) is 6.07 Å². The molecular weight excluding hydrogens is 436 g/mol. The first-order valence-electron chi connectivity index (χ1n) is 12.5. The van der Waals surface area contributed by atoms with E-state index in [1.165, 1.54) is 23.2 Å². The second-order valence-corrected chi connectivity index (χ2v) is 9.17. The van der Waals surface area contributed by atoms with E-state index in [-0.39, 0.29) is 17.5 Å². The molecule has 1 aromatic carbocycles. The summed E-state index contributed by atoms with van der Waals surface area (Å²) in [5.74, 6) is 0.788. The quantitative estimate of drug-likeness (QED) is 0.361. The molecule has 186 valence electrons. The standard InChI is InChI=1S/C23H26N4O.C6H12O/c1-4-6-17(7-5-2)20-15-27(3)22-9-8-18(13-19(20)22)26-23(28)21-12-16(14-24)10-11-25-21;1-4-6(7)5(2)3/h8-13,15,17H,4-7H2,1-3H3,(H,26,28);5H,4H2,1-3H3. The number of benzene rings is 1. The molecule has 0 unspecified atom stereocenters. The summed E-state index contributed by atoms with van der Waals surface area (Å²) in [4.78, 5) is 27.1. The van der Waals surface area contributed by atoms with Crippen molar-refractivity contribution in [1.29, 1.82) is 5.26 Å². The highest BCUT2D eigenvalue weighted by Crippen LogP contribution is 2.34. The van der Waals surface area contributed by atoms with Crippen molar-refractivity contribution >= 4 is 28.3 Å². The number of anilines is 1. The number of rotatable bonds is 9. The Morgan fingerprint density at radius 1 is 1.09 bits per heavy atom. The second-order valence-electron chi connectivity index (χ2n) is 9.17. The summed E-state index contributed by atoms with van der Waals surface area (Å²) in [6.45, 7) is 10.2. The largest absolute Gasteiger partial charge is 0.350 e. The number of aryl methyl sites for hydroxylation is 1. The van der Waals surface area contributed by atoms with E-state index in [0.29, 0.717) is 23.7 Å². The number of pyridine rings is 1. The highest BCUT2D eigenvalue weighted by Gasteiger charge is 2.17. The number of fused-ring (bicyclic) bond motifs is 1. The SMILES string of the molecule is CCC(=O)C(C)C.CCCC(CCC)c1cn(C)c2ccc(NC(=O)c3cc(C#N)ccn3)cc12. The molecule has 2 heterocycles. The lowest BCUT2D eigenvalue weighted by atomic mass is 9.90. The molecule has 6 nitrogen and oxygen atoms in total. The van der Waals surface area contributed by atoms with Gasteiger partial charge in [-0.25, -0.2) is 0 Å². The minimum atomic E-state index is -0.312. The number of carbonyl (C=O) groups is 2. The van der Waals surface area contributed by atoms with Gasteiger partial charge in [0.1, 0.15) is 11.5 Å². The van der Waals surface area contributed by atoms with Crippen LogP contribution < -0.4 is 5.32 Å². The molecule has 3 aromatic rings. The summed E-state index contributed by atoms with van der Waals surface area (Å²) in [6.07, 6.45) is 9.01. The molecule has 1 N–H and O–H groups in total. The van der Waals surface area contributed by atoms with Crippen molar-refractivity contribution < 1.29 is 9.59 Å². The van der Waals surface area contributed by atoms with Crippen LogP contribution in [0.1, 0.15) is 94.3 Å². The number of nitrogens with one attached hydrogen (secondary N) is 1. The molecule has 0 aliphatic carbocycles. The molecule has 2 aromatic heterocycles. The number of Topliss-reactive ketones (excluding diaryl/α,β-unsaturated/α-hetero) is 1. The summed E-state index contributed by atoms with van der Waals surface area (Å²) in [7, 11) is 2.07. The maximum Gasteiger partial charge on any atom is 0.274 e. The highest BCUT2D eigenvalue weighted by atomic mass is 16.2. The van der Waals surface area contributed by atoms with Crippen molar-refractivity contribution in [1.82, 2.24) is 9.55 Å². The summed E-state index contributed by atoms with van der Waals surface area (Å²) in [5.41, 5.74) is 3.91. The molecule has 0 spiro atoms. The molecule has 0 bridgehead atoms. The Morgan fingerprint density at radius 2 is 1.77 bits per heavy atom. The number of carbonyl (C=O) groups excluding carboxylic acids is 2. The number of hydrogen-bond donors (Lipinski definition) is 1. The minimum Gasteiger partial charge on any atom is -0.350 e. The topological polar surface area (TPSA) is 87.8 Å². The van der Waals surface area contributed by atoms with Gasteiger partial charge in [-0.05, 0) is 54.7 Å². The molecular formula is C29H38N4O2. The van der Waals surface area contributed by atoms with Crippen LogP contribution in [0, 0.1) is 17.2 Å². The van der Waals surface area contributed by atoms with Crippen molar-refractivity contribution in [3.05, 3.63) is 59.5 Å². The van der Waals surface area contributed by atoms with E-state index >= 15 is 0 Å². The molecule has 0 radical (unpaired) electrons. The van der Waals surface area contributed by atoms with Gasteiger partial charge in [0.05, 0.1) is 11.6 Å². The predicted molar refractivity (Wildman–Crippen MR) is 143 cm³/mol. The molecule has 35 heavy (non-hydrogen) atoms. The Labute approximate surface area is 209 Å². The lowest BCUT2D eigenvalue weighted by Crippen LogP contribution is -2.13. The molecule has 3 rings (SSSR count). The van der Waals surface area contributed by atoms with Crippen LogP contribution in [0.5, 0.6) is 0 Å². The van der Waals surface area contributed by atoms with Crippen LogP contribution in [0.3, 0.4) is 0 Å². The molecule has 0 aliphatic heterocycles. The maximum atomic E-state index is 12.6. The number of nitriles is 1. The van der Waals surface area contributed by atoms with E-state index in [4.69, 9.17) is 5.26 Å². The molecule has 0 saturated heterocycles. The fourth-order valence-corrected chi connectivity index (χ4v) is 4.21. The van der Waals surface area contributed by atoms with Gasteiger partial charge in [0.2, 0.25) is 0 Å². The van der Waals surface area contributed by atoms with E-state index in [1.54, 1.807) is 6.07 Å². The van der Waals surface area contributed by atoms with Gasteiger partial charge in [-0.1, -0.05) is 47.5 Å². The Kier molecular flexibility index (Phi) is 10.7. The Bertz CT molecular complexity index is 1180. The van der Waals surface area contributed by atoms with Gasteiger partial charge in [-0.15, -0.1) is 0 Å². The zero-order valence-electron chi connectivity index (χ0n) is 21.9. The van der Waals surface area contributed by atoms with Crippen LogP contribution in [0.2, 0.25) is 0 Å². The normalized spacial score (nSPS) is 10.7. The number of ketones is 1. The molecule has 0 saturated carbocycles. The van der Waals surface area contributed by atoms with E-state index < -0.39 is 0 Å². The summed E-state index contributed by atoms with van der Waals surface area (Å²) in [5, 5.41) is 13.1. The third-order valence-corrected chi connectivity index (χ3v) is 6.11. The molecule has 0 aliphatic rings. The molecule has 0 fully saturated rings. The monoisotopic (exact) mass is 474 g/mol. The zero-order valence-corrected chi connectivity index (χ0v) is 21.9. The zero-order chi connectivity index (χ0) is 26.0. The average molecular weight is 475 g/mol. The van der Waals surface area contributed by atoms with E-state index in [0.717, 1.165) is 36.9 Å². The van der Waals surface area contributed by atoms with Crippen molar-refractivity contribution in [2.75, 3.05) is 5.32 Å². The summed E-state index contributed by atoms with van der Waals surface area (Å²) < 4.78 is 2.16. The van der Waals surface area contributed by atoms with E-state index in [2.05, 4.69) is 48.0 Å². The lowest BCUT2D eigenvalue weighted by molar-refractivity contribution is -0.121. The molecule has 1 amide bonds. The first kappa shape index (κ1) is 27.8. The average Bonchev–Trinajstić information content (AvgIpc) is 3.19. The Balaban J connectivity index is 0.000000540. The van der Waals surface area contributed by atoms with Crippen LogP contribution >= 0.6 is 0 Å². The lowest BCUT2D eigenvalue weighted by Gasteiger charge is -2.15. The Hall–Kier alpha value is -3.46. The highest BCUT2D eigenvalue weighted by molar-refractivity contribution is 6.04. The Morgan fingerprint density at radius 3 is 2.31 bits per heavy atom. The minimum absolute atomic E-state index is 0.227. The third kappa shape index (κ3) is 7.51. The van der Waals surface area contributed by atoms with Crippen LogP contribution in [0.4, 0.5) is 5.69 Å². The first-order valence-corrected chi connectivity index (χ1v) is 12.5. The fraction of sp³-hybridized carbons (Fsp3) is 0.448. The molecule has 0 atom stereocenters. The fourth-order valence-electron chi connectivity index (χ4n) is 4.21. The van der Waals surface area contributed by atoms with Crippen LogP contribution in [0.25, 0.3) is 10.9 Å². The van der Waals surface area contributed by atoms with Crippen molar-refractivity contribution in [2.24, 2.45) is 13.0 Å². The van der Waals surface area contributed by atoms with Gasteiger partial charge in [-0.2, -0.15) is 5.26 Å². The summed E-state index contributed by atoms with van der Waals surface area (Å²) >= 11 is 0.